The molecule has 100 valence electrons. The fraction of sp³-hybridized carbons (Fsp3) is 0.538. The van der Waals surface area contributed by atoms with Crippen LogP contribution in [0.1, 0.15) is 38.1 Å². The lowest BCUT2D eigenvalue weighted by Gasteiger charge is -2.29. The quantitative estimate of drug-likeness (QED) is 0.857. The Labute approximate surface area is 118 Å². The van der Waals surface area contributed by atoms with Crippen LogP contribution in [0.4, 0.5) is 0 Å². The fourth-order valence-corrected chi connectivity index (χ4v) is 1.54. The van der Waals surface area contributed by atoms with Gasteiger partial charge in [-0.2, -0.15) is 0 Å². The third-order valence-electron chi connectivity index (χ3n) is 3.33. The maximum absolute atomic E-state index is 12.0. The summed E-state index contributed by atoms with van der Waals surface area (Å²) in [6.45, 7) is 9.06. The molecule has 0 spiro atoms. The van der Waals surface area contributed by atoms with Gasteiger partial charge in [-0.15, -0.1) is 0 Å². The molecule has 1 aromatic heterocycles. The lowest BCUT2D eigenvalue weighted by atomic mass is 9.81. The van der Waals surface area contributed by atoms with E-state index < -0.39 is 0 Å². The highest BCUT2D eigenvalue weighted by atomic mass is 35.5. The third-order valence-corrected chi connectivity index (χ3v) is 3.84. The van der Waals surface area contributed by atoms with Crippen molar-refractivity contribution in [2.75, 3.05) is 6.54 Å². The Kier molecular flexibility index (Phi) is 5.00. The van der Waals surface area contributed by atoms with Crippen molar-refractivity contribution in [1.29, 1.82) is 0 Å². The first-order chi connectivity index (χ1) is 8.24. The molecule has 0 atom stereocenters. The SMILES string of the molecule is CC(C)C(C)(C)CNC(=O)c1cc(Cl)ncc1Cl. The standard InChI is InChI=1S/C13H18Cl2N2O/c1-8(2)13(3,4)7-17-12(18)9-5-11(15)16-6-10(9)14/h5-6,8H,7H2,1-4H3,(H,17,18). The van der Waals surface area contributed by atoms with Crippen LogP contribution in [0.15, 0.2) is 12.3 Å². The van der Waals surface area contributed by atoms with Gasteiger partial charge in [0, 0.05) is 12.7 Å². The van der Waals surface area contributed by atoms with Crippen LogP contribution in [-0.2, 0) is 0 Å². The van der Waals surface area contributed by atoms with Crippen molar-refractivity contribution < 1.29 is 4.79 Å². The summed E-state index contributed by atoms with van der Waals surface area (Å²) in [4.78, 5) is 15.8. The molecule has 18 heavy (non-hydrogen) atoms. The molecule has 5 heteroatoms. The molecule has 1 N–H and O–H groups in total. The Balaban J connectivity index is 2.75. The minimum Gasteiger partial charge on any atom is -0.351 e. The average Bonchev–Trinajstić information content (AvgIpc) is 2.29. The molecule has 1 amide bonds. The first kappa shape index (κ1) is 15.3. The second-order valence-corrected chi connectivity index (χ2v) is 6.11. The zero-order valence-electron chi connectivity index (χ0n) is 11.1. The highest BCUT2D eigenvalue weighted by Crippen LogP contribution is 2.25. The Bertz CT molecular complexity index is 445. The van der Waals surface area contributed by atoms with Gasteiger partial charge in [0.05, 0.1) is 10.6 Å². The second-order valence-electron chi connectivity index (χ2n) is 5.31. The van der Waals surface area contributed by atoms with E-state index >= 15 is 0 Å². The van der Waals surface area contributed by atoms with Gasteiger partial charge < -0.3 is 5.32 Å². The van der Waals surface area contributed by atoms with Crippen molar-refractivity contribution in [1.82, 2.24) is 10.3 Å². The predicted molar refractivity (Wildman–Crippen MR) is 75.2 cm³/mol. The zero-order chi connectivity index (χ0) is 13.9. The van der Waals surface area contributed by atoms with Crippen molar-refractivity contribution in [3.05, 3.63) is 28.0 Å². The van der Waals surface area contributed by atoms with Gasteiger partial charge in [0.25, 0.3) is 5.91 Å². The topological polar surface area (TPSA) is 42.0 Å². The smallest absolute Gasteiger partial charge is 0.252 e. The Hall–Kier alpha value is -0.800. The number of pyridine rings is 1. The van der Waals surface area contributed by atoms with Gasteiger partial charge in [-0.05, 0) is 17.4 Å². The number of aromatic nitrogens is 1. The van der Waals surface area contributed by atoms with Crippen molar-refractivity contribution >= 4 is 29.1 Å². The van der Waals surface area contributed by atoms with Crippen molar-refractivity contribution in [3.8, 4) is 0 Å². The number of hydrogen-bond acceptors (Lipinski definition) is 2. The predicted octanol–water partition coefficient (Wildman–Crippen LogP) is 3.80. The summed E-state index contributed by atoms with van der Waals surface area (Å²) in [5.41, 5.74) is 0.384. The molecule has 0 aromatic carbocycles. The van der Waals surface area contributed by atoms with E-state index in [0.717, 1.165) is 0 Å². The molecule has 0 saturated heterocycles. The molecule has 0 unspecified atom stereocenters. The molecule has 0 saturated carbocycles. The first-order valence-electron chi connectivity index (χ1n) is 5.83. The number of rotatable bonds is 4. The van der Waals surface area contributed by atoms with Gasteiger partial charge in [0.2, 0.25) is 0 Å². The number of nitrogens with one attached hydrogen (secondary N) is 1. The van der Waals surface area contributed by atoms with Gasteiger partial charge in [-0.3, -0.25) is 4.79 Å². The average molecular weight is 289 g/mol. The second kappa shape index (κ2) is 5.89. The Morgan fingerprint density at radius 1 is 1.44 bits per heavy atom. The molecule has 0 fully saturated rings. The molecule has 1 heterocycles. The summed E-state index contributed by atoms with van der Waals surface area (Å²) in [7, 11) is 0. The van der Waals surface area contributed by atoms with Gasteiger partial charge in [-0.25, -0.2) is 4.98 Å². The van der Waals surface area contributed by atoms with Crippen molar-refractivity contribution in [2.45, 2.75) is 27.7 Å². The minimum absolute atomic E-state index is 0.0267. The number of carbonyl (C=O) groups excluding carboxylic acids is 1. The van der Waals surface area contributed by atoms with Crippen LogP contribution in [0.25, 0.3) is 0 Å². The van der Waals surface area contributed by atoms with E-state index in [0.29, 0.717) is 23.0 Å². The number of amides is 1. The molecular formula is C13H18Cl2N2O. The van der Waals surface area contributed by atoms with Gasteiger partial charge in [0.1, 0.15) is 5.15 Å². The summed E-state index contributed by atoms with van der Waals surface area (Å²) in [6.07, 6.45) is 1.38. The molecule has 3 nitrogen and oxygen atoms in total. The monoisotopic (exact) mass is 288 g/mol. The summed E-state index contributed by atoms with van der Waals surface area (Å²) < 4.78 is 0. The highest BCUT2D eigenvalue weighted by Gasteiger charge is 2.23. The van der Waals surface area contributed by atoms with Crippen molar-refractivity contribution in [3.63, 3.8) is 0 Å². The van der Waals surface area contributed by atoms with Crippen LogP contribution in [0, 0.1) is 11.3 Å². The first-order valence-corrected chi connectivity index (χ1v) is 6.59. The number of hydrogen-bond donors (Lipinski definition) is 1. The van der Waals surface area contributed by atoms with Gasteiger partial charge in [-0.1, -0.05) is 50.9 Å². The van der Waals surface area contributed by atoms with E-state index in [4.69, 9.17) is 23.2 Å². The molecule has 1 aromatic rings. The van der Waals surface area contributed by atoms with Crippen LogP contribution in [0.3, 0.4) is 0 Å². The largest absolute Gasteiger partial charge is 0.351 e. The maximum atomic E-state index is 12.0. The molecule has 0 bridgehead atoms. The van der Waals surface area contributed by atoms with Crippen LogP contribution in [0.5, 0.6) is 0 Å². The molecule has 0 aliphatic carbocycles. The van der Waals surface area contributed by atoms with E-state index in [1.807, 2.05) is 0 Å². The summed E-state index contributed by atoms with van der Waals surface area (Å²) in [6, 6.07) is 1.47. The number of carbonyl (C=O) groups is 1. The molecular weight excluding hydrogens is 271 g/mol. The van der Waals surface area contributed by atoms with E-state index in [9.17, 15) is 4.79 Å². The summed E-state index contributed by atoms with van der Waals surface area (Å²) >= 11 is 11.7. The van der Waals surface area contributed by atoms with Crippen LogP contribution < -0.4 is 5.32 Å². The molecule has 1 rings (SSSR count). The van der Waals surface area contributed by atoms with E-state index in [1.54, 1.807) is 0 Å². The summed E-state index contributed by atoms with van der Waals surface area (Å²) in [5, 5.41) is 3.44. The van der Waals surface area contributed by atoms with Gasteiger partial charge >= 0.3 is 0 Å². The zero-order valence-corrected chi connectivity index (χ0v) is 12.6. The van der Waals surface area contributed by atoms with Crippen LogP contribution in [-0.4, -0.2) is 17.4 Å². The van der Waals surface area contributed by atoms with E-state index in [1.165, 1.54) is 12.3 Å². The Morgan fingerprint density at radius 3 is 2.61 bits per heavy atom. The van der Waals surface area contributed by atoms with E-state index in [-0.39, 0.29) is 16.5 Å². The molecule has 0 aliphatic heterocycles. The van der Waals surface area contributed by atoms with Crippen LogP contribution >= 0.6 is 23.2 Å². The lowest BCUT2D eigenvalue weighted by Crippen LogP contribution is -2.37. The Morgan fingerprint density at radius 2 is 2.06 bits per heavy atom. The summed E-state index contributed by atoms with van der Waals surface area (Å²) in [5.74, 6) is 0.243. The maximum Gasteiger partial charge on any atom is 0.252 e. The minimum atomic E-state index is -0.224. The van der Waals surface area contributed by atoms with E-state index in [2.05, 4.69) is 38.0 Å². The third kappa shape index (κ3) is 3.85. The van der Waals surface area contributed by atoms with Crippen molar-refractivity contribution in [2.24, 2.45) is 11.3 Å². The number of nitrogens with zero attached hydrogens (tertiary/aromatic N) is 1. The van der Waals surface area contributed by atoms with Gasteiger partial charge in [0.15, 0.2) is 0 Å². The number of halogens is 2. The fourth-order valence-electron chi connectivity index (χ4n) is 1.19. The normalized spacial score (nSPS) is 11.7. The lowest BCUT2D eigenvalue weighted by molar-refractivity contribution is 0.0925. The van der Waals surface area contributed by atoms with Crippen LogP contribution in [0.2, 0.25) is 10.2 Å². The molecule has 0 radical (unpaired) electrons. The molecule has 0 aliphatic rings. The highest BCUT2D eigenvalue weighted by molar-refractivity contribution is 6.35.